The molecule has 0 saturated carbocycles. The fourth-order valence-corrected chi connectivity index (χ4v) is 0.712. The lowest BCUT2D eigenvalue weighted by Crippen LogP contribution is -1.80. The maximum Gasteiger partial charge on any atom is -0.0393 e. The lowest BCUT2D eigenvalue weighted by Gasteiger charge is -2.01. The van der Waals surface area contributed by atoms with Gasteiger partial charge in [-0.05, 0) is 38.8 Å². The zero-order valence-corrected chi connectivity index (χ0v) is 13.4. The Kier molecular flexibility index (Phi) is 36.4. The molecule has 0 aromatic rings. The van der Waals surface area contributed by atoms with E-state index in [0.29, 0.717) is 0 Å². The van der Waals surface area contributed by atoms with E-state index in [1.54, 1.807) is 0 Å². The van der Waals surface area contributed by atoms with Crippen molar-refractivity contribution in [1.82, 2.24) is 0 Å². The van der Waals surface area contributed by atoms with Crippen LogP contribution in [0.4, 0.5) is 0 Å². The minimum atomic E-state index is 1.15. The van der Waals surface area contributed by atoms with E-state index < -0.39 is 0 Å². The van der Waals surface area contributed by atoms with E-state index in [-0.39, 0.29) is 0 Å². The third-order valence-electron chi connectivity index (χ3n) is 1.65. The maximum absolute atomic E-state index is 3.87. The molecular formula is C16H34. The molecule has 0 aliphatic heterocycles. The lowest BCUT2D eigenvalue weighted by molar-refractivity contribution is 1.28. The highest BCUT2D eigenvalue weighted by Crippen LogP contribution is 2.11. The number of rotatable bonds is 2. The molecule has 0 rings (SSSR count). The SMILES string of the molecule is C=C(C)/C(C)=C(C)\C=C/C.CC.CC.CC. The quantitative estimate of drug-likeness (QED) is 0.468. The highest BCUT2D eigenvalue weighted by Gasteiger charge is 1.91. The molecule has 0 unspecified atom stereocenters. The Morgan fingerprint density at radius 1 is 0.812 bits per heavy atom. The van der Waals surface area contributed by atoms with E-state index in [1.165, 1.54) is 11.1 Å². The van der Waals surface area contributed by atoms with Crippen LogP contribution < -0.4 is 0 Å². The largest absolute Gasteiger partial charge is 0.0958 e. The molecule has 98 valence electrons. The Hall–Kier alpha value is -0.780. The fourth-order valence-electron chi connectivity index (χ4n) is 0.712. The molecule has 0 radical (unpaired) electrons. The van der Waals surface area contributed by atoms with Gasteiger partial charge in [0, 0.05) is 0 Å². The zero-order valence-electron chi connectivity index (χ0n) is 13.4. The summed E-state index contributed by atoms with van der Waals surface area (Å²) in [6, 6.07) is 0. The van der Waals surface area contributed by atoms with Gasteiger partial charge >= 0.3 is 0 Å². The molecule has 0 spiro atoms. The highest BCUT2D eigenvalue weighted by molar-refractivity contribution is 5.34. The second kappa shape index (κ2) is 23.8. The van der Waals surface area contributed by atoms with Crippen LogP contribution in [0.1, 0.15) is 69.2 Å². The summed E-state index contributed by atoms with van der Waals surface area (Å²) in [4.78, 5) is 0. The molecule has 0 atom stereocenters. The van der Waals surface area contributed by atoms with Gasteiger partial charge in [-0.3, -0.25) is 0 Å². The van der Waals surface area contributed by atoms with Gasteiger partial charge in [-0.2, -0.15) is 0 Å². The van der Waals surface area contributed by atoms with E-state index in [1.807, 2.05) is 61.5 Å². The summed E-state index contributed by atoms with van der Waals surface area (Å²) in [5, 5.41) is 0. The van der Waals surface area contributed by atoms with Gasteiger partial charge in [0.05, 0.1) is 0 Å². The Morgan fingerprint density at radius 2 is 1.12 bits per heavy atom. The van der Waals surface area contributed by atoms with Gasteiger partial charge in [0.25, 0.3) is 0 Å². The zero-order chi connectivity index (χ0) is 14.1. The molecular weight excluding hydrogens is 192 g/mol. The van der Waals surface area contributed by atoms with Crippen molar-refractivity contribution in [1.29, 1.82) is 0 Å². The molecule has 0 aromatic heterocycles. The monoisotopic (exact) mass is 226 g/mol. The standard InChI is InChI=1S/C10H16.3C2H6/c1-6-7-9(4)10(5)8(2)3;3*1-2/h6-7H,2H2,1,3-5H3;3*1-2H3/b7-6-,10-9-;;;. The minimum Gasteiger partial charge on any atom is -0.0958 e. The van der Waals surface area contributed by atoms with Crippen LogP contribution in [0.5, 0.6) is 0 Å². The van der Waals surface area contributed by atoms with Crippen molar-refractivity contribution in [2.75, 3.05) is 0 Å². The van der Waals surface area contributed by atoms with Crippen LogP contribution in [-0.4, -0.2) is 0 Å². The van der Waals surface area contributed by atoms with Crippen LogP contribution in [0.2, 0.25) is 0 Å². The first-order valence-corrected chi connectivity index (χ1v) is 6.55. The first-order chi connectivity index (χ1) is 7.59. The highest BCUT2D eigenvalue weighted by atomic mass is 14.0. The number of hydrogen-bond acceptors (Lipinski definition) is 0. The first kappa shape index (κ1) is 24.4. The van der Waals surface area contributed by atoms with Crippen LogP contribution in [0.15, 0.2) is 35.5 Å². The average Bonchev–Trinajstić information content (AvgIpc) is 2.36. The molecule has 0 amide bonds. The summed E-state index contributed by atoms with van der Waals surface area (Å²) in [6.45, 7) is 24.1. The van der Waals surface area contributed by atoms with Gasteiger partial charge in [-0.1, -0.05) is 65.8 Å². The Morgan fingerprint density at radius 3 is 1.31 bits per heavy atom. The van der Waals surface area contributed by atoms with Crippen LogP contribution in [0.3, 0.4) is 0 Å². The Balaban J connectivity index is -0.000000103. The van der Waals surface area contributed by atoms with E-state index in [4.69, 9.17) is 0 Å². The molecule has 0 bridgehead atoms. The van der Waals surface area contributed by atoms with E-state index in [0.717, 1.165) is 5.57 Å². The number of allylic oxidation sites excluding steroid dienone is 5. The van der Waals surface area contributed by atoms with Crippen molar-refractivity contribution in [2.24, 2.45) is 0 Å². The average molecular weight is 226 g/mol. The lowest BCUT2D eigenvalue weighted by atomic mass is 10.1. The van der Waals surface area contributed by atoms with Gasteiger partial charge in [-0.25, -0.2) is 0 Å². The smallest absolute Gasteiger partial charge is 0.0393 e. The molecule has 0 aromatic carbocycles. The predicted molar refractivity (Wildman–Crippen MR) is 82.0 cm³/mol. The third-order valence-corrected chi connectivity index (χ3v) is 1.65. The van der Waals surface area contributed by atoms with Gasteiger partial charge in [-0.15, -0.1) is 0 Å². The van der Waals surface area contributed by atoms with E-state index >= 15 is 0 Å². The Labute approximate surface area is 105 Å². The molecule has 0 aliphatic carbocycles. The summed E-state index contributed by atoms with van der Waals surface area (Å²) < 4.78 is 0. The van der Waals surface area contributed by atoms with Crippen molar-refractivity contribution in [3.05, 3.63) is 35.5 Å². The molecule has 0 aliphatic rings. The number of hydrogen-bond donors (Lipinski definition) is 0. The van der Waals surface area contributed by atoms with Crippen LogP contribution in [0.25, 0.3) is 0 Å². The van der Waals surface area contributed by atoms with Crippen LogP contribution in [-0.2, 0) is 0 Å². The summed E-state index contributed by atoms with van der Waals surface area (Å²) in [5.41, 5.74) is 3.74. The first-order valence-electron chi connectivity index (χ1n) is 6.55. The molecule has 16 heavy (non-hydrogen) atoms. The third kappa shape index (κ3) is 18.9. The summed E-state index contributed by atoms with van der Waals surface area (Å²) in [7, 11) is 0. The summed E-state index contributed by atoms with van der Waals surface area (Å²) in [5.74, 6) is 0. The normalized spacial score (nSPS) is 9.62. The summed E-state index contributed by atoms with van der Waals surface area (Å²) in [6.07, 6.45) is 4.14. The second-order valence-corrected chi connectivity index (χ2v) is 2.59. The molecule has 0 fully saturated rings. The van der Waals surface area contributed by atoms with E-state index in [2.05, 4.69) is 26.5 Å². The van der Waals surface area contributed by atoms with Crippen molar-refractivity contribution in [3.8, 4) is 0 Å². The van der Waals surface area contributed by atoms with Gasteiger partial charge in [0.2, 0.25) is 0 Å². The van der Waals surface area contributed by atoms with Crippen LogP contribution >= 0.6 is 0 Å². The molecule has 0 N–H and O–H groups in total. The van der Waals surface area contributed by atoms with Gasteiger partial charge < -0.3 is 0 Å². The van der Waals surface area contributed by atoms with Gasteiger partial charge in [0.15, 0.2) is 0 Å². The van der Waals surface area contributed by atoms with Crippen molar-refractivity contribution >= 4 is 0 Å². The predicted octanol–water partition coefficient (Wildman–Crippen LogP) is 6.55. The topological polar surface area (TPSA) is 0 Å². The Bertz CT molecular complexity index is 180. The molecule has 0 nitrogen and oxygen atoms in total. The summed E-state index contributed by atoms with van der Waals surface area (Å²) >= 11 is 0. The minimum absolute atomic E-state index is 1.15. The van der Waals surface area contributed by atoms with Crippen molar-refractivity contribution < 1.29 is 0 Å². The van der Waals surface area contributed by atoms with E-state index in [9.17, 15) is 0 Å². The maximum atomic E-state index is 3.87. The molecule has 0 heteroatoms. The molecule has 0 saturated heterocycles. The van der Waals surface area contributed by atoms with Crippen molar-refractivity contribution in [3.63, 3.8) is 0 Å². The van der Waals surface area contributed by atoms with Gasteiger partial charge in [0.1, 0.15) is 0 Å². The molecule has 0 heterocycles. The second-order valence-electron chi connectivity index (χ2n) is 2.59. The van der Waals surface area contributed by atoms with Crippen LogP contribution in [0, 0.1) is 0 Å². The van der Waals surface area contributed by atoms with Crippen molar-refractivity contribution in [2.45, 2.75) is 69.2 Å². The fraction of sp³-hybridized carbons (Fsp3) is 0.625.